The Hall–Kier alpha value is -3.22. The van der Waals surface area contributed by atoms with Gasteiger partial charge in [-0.05, 0) is 53.6 Å². The lowest BCUT2D eigenvalue weighted by Gasteiger charge is -2.25. The molecule has 168 valence electrons. The number of pyridine rings is 1. The van der Waals surface area contributed by atoms with Crippen LogP contribution in [0.5, 0.6) is 5.75 Å². The summed E-state index contributed by atoms with van der Waals surface area (Å²) in [7, 11) is 1.76. The van der Waals surface area contributed by atoms with Crippen molar-refractivity contribution in [2.75, 3.05) is 19.0 Å². The predicted molar refractivity (Wildman–Crippen MR) is 119 cm³/mol. The van der Waals surface area contributed by atoms with E-state index in [1.165, 1.54) is 12.5 Å². The van der Waals surface area contributed by atoms with Gasteiger partial charge in [-0.15, -0.1) is 0 Å². The van der Waals surface area contributed by atoms with E-state index in [1.807, 2.05) is 22.9 Å². The summed E-state index contributed by atoms with van der Waals surface area (Å²) in [4.78, 5) is 0. The number of nitrogens with zero attached hydrogens (tertiary/aromatic N) is 1. The number of benzene rings is 2. The van der Waals surface area contributed by atoms with Crippen LogP contribution < -0.4 is 15.4 Å². The van der Waals surface area contributed by atoms with Crippen LogP contribution in [0.4, 0.5) is 18.9 Å². The maximum atomic E-state index is 13.8. The van der Waals surface area contributed by atoms with Crippen molar-refractivity contribution in [2.45, 2.75) is 32.0 Å². The van der Waals surface area contributed by atoms with Gasteiger partial charge in [0.2, 0.25) is 0 Å². The van der Waals surface area contributed by atoms with E-state index in [9.17, 15) is 13.2 Å². The van der Waals surface area contributed by atoms with E-state index in [1.54, 1.807) is 37.5 Å². The van der Waals surface area contributed by atoms with Gasteiger partial charge in [0, 0.05) is 26.0 Å². The van der Waals surface area contributed by atoms with Crippen molar-refractivity contribution in [3.8, 4) is 16.9 Å². The zero-order chi connectivity index (χ0) is 22.7. The van der Waals surface area contributed by atoms with Gasteiger partial charge in [0.1, 0.15) is 5.75 Å². The fourth-order valence-electron chi connectivity index (χ4n) is 3.81. The van der Waals surface area contributed by atoms with Crippen LogP contribution >= 0.6 is 0 Å². The number of hydrogen-bond acceptors (Lipinski definition) is 3. The first-order valence-electron chi connectivity index (χ1n) is 10.7. The van der Waals surface area contributed by atoms with E-state index in [2.05, 4.69) is 5.32 Å². The van der Waals surface area contributed by atoms with E-state index in [0.29, 0.717) is 35.7 Å². The minimum atomic E-state index is -4.47. The van der Waals surface area contributed by atoms with Crippen LogP contribution in [-0.4, -0.2) is 18.2 Å². The van der Waals surface area contributed by atoms with Crippen molar-refractivity contribution >= 4 is 5.69 Å². The lowest BCUT2D eigenvalue weighted by Crippen LogP contribution is -2.19. The number of hydrogen-bond donors (Lipinski definition) is 2. The Morgan fingerprint density at radius 3 is 2.47 bits per heavy atom. The standard InChI is InChI=1S/C25H26F3N3O/c1-30-24-15-31(12-11-23(24)29)14-17-5-7-19(8-6-17)21-10-9-20(13-22(21)25(26,27)28)32-16-18-3-2-4-18/h5-13,15,18,29-30H,2-4,14,16H2,1H3. The first-order valence-corrected chi connectivity index (χ1v) is 10.7. The molecule has 3 aromatic rings. The lowest BCUT2D eigenvalue weighted by molar-refractivity contribution is -0.137. The van der Waals surface area contributed by atoms with E-state index in [0.717, 1.165) is 24.5 Å². The fourth-order valence-corrected chi connectivity index (χ4v) is 3.81. The highest BCUT2D eigenvalue weighted by Gasteiger charge is 2.34. The summed E-state index contributed by atoms with van der Waals surface area (Å²) >= 11 is 0. The molecule has 1 saturated carbocycles. The average Bonchev–Trinajstić information content (AvgIpc) is 2.74. The van der Waals surface area contributed by atoms with E-state index in [-0.39, 0.29) is 11.3 Å². The van der Waals surface area contributed by atoms with Crippen LogP contribution in [0.15, 0.2) is 60.9 Å². The minimum absolute atomic E-state index is 0.142. The third kappa shape index (κ3) is 4.98. The Morgan fingerprint density at radius 1 is 1.09 bits per heavy atom. The average molecular weight is 441 g/mol. The van der Waals surface area contributed by atoms with Gasteiger partial charge in [0.15, 0.2) is 0 Å². The lowest BCUT2D eigenvalue weighted by atomic mass is 9.86. The molecule has 0 atom stereocenters. The zero-order valence-corrected chi connectivity index (χ0v) is 17.9. The fraction of sp³-hybridized carbons (Fsp3) is 0.320. The first kappa shape index (κ1) is 22.0. The molecule has 0 saturated heterocycles. The maximum absolute atomic E-state index is 13.8. The summed E-state index contributed by atoms with van der Waals surface area (Å²) in [5.74, 6) is 0.718. The second kappa shape index (κ2) is 9.10. The van der Waals surface area contributed by atoms with Gasteiger partial charge in [0.05, 0.1) is 23.2 Å². The van der Waals surface area contributed by atoms with Crippen LogP contribution in [0.25, 0.3) is 11.1 Å². The summed E-state index contributed by atoms with van der Waals surface area (Å²) in [6, 6.07) is 13.0. The largest absolute Gasteiger partial charge is 0.493 e. The molecule has 0 spiro atoms. The number of ether oxygens (including phenoxy) is 1. The summed E-state index contributed by atoms with van der Waals surface area (Å²) < 4.78 is 48.9. The third-order valence-corrected chi connectivity index (χ3v) is 5.92. The molecule has 1 fully saturated rings. The Balaban J connectivity index is 1.55. The summed E-state index contributed by atoms with van der Waals surface area (Å²) in [6.07, 6.45) is 2.50. The molecule has 32 heavy (non-hydrogen) atoms. The van der Waals surface area contributed by atoms with Gasteiger partial charge < -0.3 is 14.6 Å². The molecule has 4 nitrogen and oxygen atoms in total. The monoisotopic (exact) mass is 441 g/mol. The quantitative estimate of drug-likeness (QED) is 0.478. The molecule has 1 aliphatic carbocycles. The van der Waals surface area contributed by atoms with Crippen molar-refractivity contribution in [1.29, 1.82) is 5.41 Å². The molecular formula is C25H26F3N3O. The van der Waals surface area contributed by atoms with Crippen molar-refractivity contribution in [3.05, 3.63) is 77.4 Å². The highest BCUT2D eigenvalue weighted by atomic mass is 19.4. The van der Waals surface area contributed by atoms with Crippen molar-refractivity contribution < 1.29 is 17.9 Å². The van der Waals surface area contributed by atoms with Crippen LogP contribution in [0.3, 0.4) is 0 Å². The van der Waals surface area contributed by atoms with E-state index in [4.69, 9.17) is 10.1 Å². The maximum Gasteiger partial charge on any atom is 0.417 e. The molecule has 1 heterocycles. The number of anilines is 1. The van der Waals surface area contributed by atoms with Gasteiger partial charge in [-0.3, -0.25) is 5.41 Å². The van der Waals surface area contributed by atoms with Gasteiger partial charge in [-0.2, -0.15) is 13.2 Å². The Bertz CT molecular complexity index is 1130. The highest BCUT2D eigenvalue weighted by Crippen LogP contribution is 2.39. The Labute approximate surface area is 185 Å². The van der Waals surface area contributed by atoms with Crippen LogP contribution in [-0.2, 0) is 12.7 Å². The molecule has 1 aliphatic rings. The van der Waals surface area contributed by atoms with Crippen molar-refractivity contribution in [1.82, 2.24) is 4.57 Å². The second-order valence-electron chi connectivity index (χ2n) is 8.20. The summed E-state index contributed by atoms with van der Waals surface area (Å²) in [5, 5.41) is 11.2. The normalized spacial score (nSPS) is 14.1. The zero-order valence-electron chi connectivity index (χ0n) is 17.9. The summed E-state index contributed by atoms with van der Waals surface area (Å²) in [6.45, 7) is 1.02. The highest BCUT2D eigenvalue weighted by molar-refractivity contribution is 5.69. The number of nitrogens with one attached hydrogen (secondary N) is 2. The number of alkyl halides is 3. The van der Waals surface area contributed by atoms with Crippen LogP contribution in [0, 0.1) is 11.3 Å². The second-order valence-corrected chi connectivity index (χ2v) is 8.20. The molecule has 2 N–H and O–H groups in total. The molecule has 0 bridgehead atoms. The van der Waals surface area contributed by atoms with Gasteiger partial charge in [-0.25, -0.2) is 0 Å². The SMILES string of the molecule is CNc1cn(Cc2ccc(-c3ccc(OCC4CCC4)cc3C(F)(F)F)cc2)ccc1=N. The smallest absolute Gasteiger partial charge is 0.417 e. The van der Waals surface area contributed by atoms with Crippen molar-refractivity contribution in [3.63, 3.8) is 0 Å². The molecular weight excluding hydrogens is 415 g/mol. The molecule has 0 radical (unpaired) electrons. The van der Waals surface area contributed by atoms with Gasteiger partial charge in [-0.1, -0.05) is 36.8 Å². The topological polar surface area (TPSA) is 50.0 Å². The predicted octanol–water partition coefficient (Wildman–Crippen LogP) is 5.92. The van der Waals surface area contributed by atoms with E-state index < -0.39 is 11.7 Å². The molecule has 7 heteroatoms. The molecule has 0 aliphatic heterocycles. The minimum Gasteiger partial charge on any atom is -0.493 e. The summed E-state index contributed by atoms with van der Waals surface area (Å²) in [5.41, 5.74) is 1.62. The van der Waals surface area contributed by atoms with Gasteiger partial charge >= 0.3 is 6.18 Å². The number of halogens is 3. The number of aromatic nitrogens is 1. The van der Waals surface area contributed by atoms with Gasteiger partial charge in [0.25, 0.3) is 0 Å². The van der Waals surface area contributed by atoms with E-state index >= 15 is 0 Å². The Kier molecular flexibility index (Phi) is 6.26. The molecule has 1 aromatic heterocycles. The van der Waals surface area contributed by atoms with Crippen molar-refractivity contribution in [2.24, 2.45) is 5.92 Å². The molecule has 2 aromatic carbocycles. The molecule has 0 unspecified atom stereocenters. The molecule has 0 amide bonds. The molecule has 4 rings (SSSR count). The van der Waals surface area contributed by atoms with Crippen LogP contribution in [0.2, 0.25) is 0 Å². The van der Waals surface area contributed by atoms with Crippen LogP contribution in [0.1, 0.15) is 30.4 Å². The third-order valence-electron chi connectivity index (χ3n) is 5.92. The number of rotatable bonds is 7. The first-order chi connectivity index (χ1) is 15.3. The Morgan fingerprint density at radius 2 is 1.84 bits per heavy atom.